The van der Waals surface area contributed by atoms with Gasteiger partial charge in [0, 0.05) is 85.3 Å². The standard InChI is InChI=1S/C65H75F2N11O10S2/c1-37-58(81)73-51(29-42-33-69-49-18-14-44(66)31-47(42)49)60(83)75-53(30-43-34-70-50-19-15-45(67)32-48(43)50)65(88)78-24-6-11-56(78)63(86)72-38(2)59(82)74-52(28-39-12-16-46(79)17-13-39)64(87)77-23-5-9-54(77)61(84)68-21-26-90-36-41-8-3-7-40(27-41)35-89-25-20-57(80)76-22-4-10-55(76)62(85)71-37/h3,7-8,12-19,27,31-32,37-38,51-56,79H,4-6,9-11,20-26,28-30,33-36H2,1-2H3,(H,68,84)(H,71,85)(H,72,86)(H,73,81)(H,74,82)(H,75,83)/t37-,38+,51+,52+,53+,54+,55+,56+/m1/s1. The van der Waals surface area contributed by atoms with Crippen molar-refractivity contribution in [3.8, 4) is 5.75 Å². The van der Waals surface area contributed by atoms with Crippen LogP contribution in [0.1, 0.15) is 88.3 Å². The van der Waals surface area contributed by atoms with Gasteiger partial charge in [0.05, 0.1) is 23.8 Å². The molecule has 8 atom stereocenters. The van der Waals surface area contributed by atoms with E-state index in [1.165, 1.54) is 77.1 Å². The quantitative estimate of drug-likeness (QED) is 0.143. The number of aromatic hydroxyl groups is 1. The summed E-state index contributed by atoms with van der Waals surface area (Å²) in [6.45, 7) is 3.99. The van der Waals surface area contributed by atoms with Crippen molar-refractivity contribution < 1.29 is 57.0 Å². The first-order valence-electron chi connectivity index (χ1n) is 30.7. The molecule has 4 aromatic carbocycles. The minimum absolute atomic E-state index is 0.00626. The Morgan fingerprint density at radius 2 is 1.00 bits per heavy atom. The number of benzene rings is 4. The van der Waals surface area contributed by atoms with Crippen LogP contribution in [0.2, 0.25) is 0 Å². The summed E-state index contributed by atoms with van der Waals surface area (Å²) >= 11 is 3.23. The van der Waals surface area contributed by atoms with Gasteiger partial charge in [-0.05, 0) is 129 Å². The lowest BCUT2D eigenvalue weighted by Gasteiger charge is -2.31. The van der Waals surface area contributed by atoms with Gasteiger partial charge >= 0.3 is 0 Å². The third-order valence-corrected chi connectivity index (χ3v) is 19.4. The molecule has 3 saturated heterocycles. The van der Waals surface area contributed by atoms with Gasteiger partial charge in [0.2, 0.25) is 53.2 Å². The number of hydrogen-bond donors (Lipinski definition) is 7. The SMILES string of the molecule is C[C@@H]1NC(=O)[C@@H]2CCCN2C(=O)[C@H](CC2=c3cc(F)ccc3=NC2)NC(=O)[C@H](CC2=c3cc(F)ccc3=NC2)NC(=O)[C@@H](C)NC(=O)[C@@H]2CCCN2C(=O)CCSCc2cccc(c2)CSCCNC(=O)[C@@H]2CCCN2C(=O)[C@H](Cc2ccc(O)cc2)NC1=O. The fraction of sp³-hybridized carbons (Fsp3) is 0.462. The van der Waals surface area contributed by atoms with Crippen LogP contribution in [0.3, 0.4) is 0 Å². The van der Waals surface area contributed by atoms with Gasteiger partial charge in [0.1, 0.15) is 65.7 Å². The zero-order valence-electron chi connectivity index (χ0n) is 50.3. The predicted molar refractivity (Wildman–Crippen MR) is 334 cm³/mol. The van der Waals surface area contributed by atoms with Gasteiger partial charge in [-0.25, -0.2) is 8.78 Å². The second kappa shape index (κ2) is 29.6. The molecule has 476 valence electrons. The van der Waals surface area contributed by atoms with E-state index in [9.17, 15) is 47.4 Å². The van der Waals surface area contributed by atoms with Crippen LogP contribution in [-0.2, 0) is 61.1 Å². The third kappa shape index (κ3) is 15.9. The molecule has 3 fully saturated rings. The van der Waals surface area contributed by atoms with Crippen molar-refractivity contribution in [1.29, 1.82) is 0 Å². The van der Waals surface area contributed by atoms with E-state index >= 15 is 9.59 Å². The Morgan fingerprint density at radius 1 is 0.522 bits per heavy atom. The number of halogens is 2. The van der Waals surface area contributed by atoms with Gasteiger partial charge in [-0.1, -0.05) is 36.4 Å². The van der Waals surface area contributed by atoms with E-state index < -0.39 is 101 Å². The Hall–Kier alpha value is -8.19. The van der Waals surface area contributed by atoms with Crippen LogP contribution in [-0.4, -0.2) is 172 Å². The number of nitrogens with zero attached hydrogens (tertiary/aromatic N) is 5. The van der Waals surface area contributed by atoms with E-state index in [2.05, 4.69) is 48.0 Å². The number of carbonyl (C=O) groups excluding carboxylic acids is 9. The first kappa shape index (κ1) is 64.8. The van der Waals surface area contributed by atoms with Crippen molar-refractivity contribution in [3.05, 3.63) is 134 Å². The number of rotatable bonds is 6. The smallest absolute Gasteiger partial charge is 0.246 e. The summed E-state index contributed by atoms with van der Waals surface area (Å²) in [4.78, 5) is 143. The van der Waals surface area contributed by atoms with Crippen LogP contribution in [0, 0.1) is 11.6 Å². The fourth-order valence-electron chi connectivity index (χ4n) is 12.5. The summed E-state index contributed by atoms with van der Waals surface area (Å²) < 4.78 is 29.7. The summed E-state index contributed by atoms with van der Waals surface area (Å²) in [7, 11) is 0. The second-order valence-electron chi connectivity index (χ2n) is 23.7. The molecule has 6 heterocycles. The zero-order valence-corrected chi connectivity index (χ0v) is 51.9. The van der Waals surface area contributed by atoms with Crippen LogP contribution < -0.4 is 53.1 Å². The lowest BCUT2D eigenvalue weighted by Crippen LogP contribution is -2.60. The minimum atomic E-state index is -1.46. The molecule has 6 aliphatic heterocycles. The summed E-state index contributed by atoms with van der Waals surface area (Å²) in [5.74, 6) is -4.09. The maximum Gasteiger partial charge on any atom is 0.246 e. The molecule has 25 heteroatoms. The highest BCUT2D eigenvalue weighted by Gasteiger charge is 2.42. The molecule has 0 spiro atoms. The third-order valence-electron chi connectivity index (χ3n) is 17.3. The van der Waals surface area contributed by atoms with Crippen LogP contribution >= 0.6 is 23.5 Å². The van der Waals surface area contributed by atoms with Gasteiger partial charge in [-0.15, -0.1) is 0 Å². The molecular weight excluding hydrogens is 1200 g/mol. The molecule has 0 radical (unpaired) electrons. The van der Waals surface area contributed by atoms with Crippen molar-refractivity contribution in [2.24, 2.45) is 9.98 Å². The molecule has 0 aromatic heterocycles. The Bertz CT molecular complexity index is 3710. The number of phenols is 1. The van der Waals surface area contributed by atoms with Crippen molar-refractivity contribution in [1.82, 2.24) is 46.6 Å². The molecule has 6 aliphatic rings. The second-order valence-corrected chi connectivity index (χ2v) is 25.9. The molecular formula is C65H75F2N11O10S2. The molecule has 0 aliphatic carbocycles. The fourth-order valence-corrected chi connectivity index (χ4v) is 14.2. The van der Waals surface area contributed by atoms with Gasteiger partial charge in [-0.3, -0.25) is 53.1 Å². The topological polar surface area (TPSA) is 280 Å². The van der Waals surface area contributed by atoms with Crippen LogP contribution in [0.25, 0.3) is 11.1 Å². The average molecular weight is 1270 g/mol. The summed E-state index contributed by atoms with van der Waals surface area (Å²) in [6.07, 6.45) is 2.12. The van der Waals surface area contributed by atoms with Crippen LogP contribution in [0.15, 0.2) is 94.9 Å². The van der Waals surface area contributed by atoms with Gasteiger partial charge in [0.25, 0.3) is 0 Å². The van der Waals surface area contributed by atoms with E-state index in [-0.39, 0.29) is 75.8 Å². The highest BCUT2D eigenvalue weighted by atomic mass is 32.2. The summed E-state index contributed by atoms with van der Waals surface area (Å²) in [5.41, 5.74) is 3.75. The number of fused-ring (bicyclic) bond motifs is 7. The number of carbonyl (C=O) groups is 9. The van der Waals surface area contributed by atoms with E-state index in [4.69, 9.17) is 0 Å². The highest BCUT2D eigenvalue weighted by Crippen LogP contribution is 2.26. The van der Waals surface area contributed by atoms with Crippen molar-refractivity contribution in [3.63, 3.8) is 0 Å². The van der Waals surface area contributed by atoms with Gasteiger partial charge in [0.15, 0.2) is 0 Å². The molecule has 0 saturated carbocycles. The van der Waals surface area contributed by atoms with E-state index in [0.29, 0.717) is 106 Å². The van der Waals surface area contributed by atoms with E-state index in [0.717, 1.165) is 11.1 Å². The Morgan fingerprint density at radius 3 is 1.57 bits per heavy atom. The van der Waals surface area contributed by atoms with Crippen LogP contribution in [0.5, 0.6) is 5.75 Å². The first-order chi connectivity index (χ1) is 43.4. The maximum atomic E-state index is 15.2. The number of amides is 9. The lowest BCUT2D eigenvalue weighted by atomic mass is 10.00. The van der Waals surface area contributed by atoms with Crippen molar-refractivity contribution >= 4 is 87.8 Å². The molecule has 0 unspecified atom stereocenters. The molecule has 21 nitrogen and oxygen atoms in total. The largest absolute Gasteiger partial charge is 0.508 e. The van der Waals surface area contributed by atoms with Crippen molar-refractivity contribution in [2.45, 2.75) is 138 Å². The molecule has 7 N–H and O–H groups in total. The minimum Gasteiger partial charge on any atom is -0.508 e. The zero-order chi connectivity index (χ0) is 63.6. The van der Waals surface area contributed by atoms with E-state index in [1.54, 1.807) is 35.7 Å². The molecule has 2 bridgehead atoms. The monoisotopic (exact) mass is 1270 g/mol. The lowest BCUT2D eigenvalue weighted by molar-refractivity contribution is -0.143. The van der Waals surface area contributed by atoms with Crippen LogP contribution in [0.4, 0.5) is 8.78 Å². The number of hydrogen-bond acceptors (Lipinski definition) is 14. The molecule has 90 heavy (non-hydrogen) atoms. The Balaban J connectivity index is 0.929. The maximum absolute atomic E-state index is 15.2. The number of thioether (sulfide) groups is 2. The molecule has 9 amide bonds. The van der Waals surface area contributed by atoms with E-state index in [1.807, 2.05) is 18.2 Å². The summed E-state index contributed by atoms with van der Waals surface area (Å²) in [6, 6.07) is 12.9. The Labute approximate surface area is 527 Å². The van der Waals surface area contributed by atoms with Gasteiger partial charge < -0.3 is 51.7 Å². The number of phenolic OH excluding ortho intramolecular Hbond substituents is 1. The van der Waals surface area contributed by atoms with Crippen molar-refractivity contribution in [2.75, 3.05) is 50.8 Å². The number of nitrogens with one attached hydrogen (secondary N) is 6. The average Bonchev–Trinajstić information content (AvgIpc) is 2.21. The predicted octanol–water partition coefficient (Wildman–Crippen LogP) is 1.08. The first-order valence-corrected chi connectivity index (χ1v) is 33.0. The normalized spacial score (nSPS) is 25.7. The van der Waals surface area contributed by atoms with Gasteiger partial charge in [-0.2, -0.15) is 23.5 Å². The highest BCUT2D eigenvalue weighted by molar-refractivity contribution is 7.98. The Kier molecular flexibility index (Phi) is 21.3. The molecule has 4 aromatic rings. The molecule has 10 rings (SSSR count). The summed E-state index contributed by atoms with van der Waals surface area (Å²) in [5, 5.41) is 28.8.